The third kappa shape index (κ3) is 3.19. The predicted octanol–water partition coefficient (Wildman–Crippen LogP) is 1.75. The van der Waals surface area contributed by atoms with E-state index in [1.54, 1.807) is 18.2 Å². The fraction of sp³-hybridized carbons (Fsp3) is 0.154. The Balaban J connectivity index is 3.03. The van der Waals surface area contributed by atoms with Gasteiger partial charge in [-0.2, -0.15) is 10.5 Å². The van der Waals surface area contributed by atoms with Crippen LogP contribution in [0.3, 0.4) is 0 Å². The molecule has 0 atom stereocenters. The predicted molar refractivity (Wildman–Crippen MR) is 65.0 cm³/mol. The second-order valence-corrected chi connectivity index (χ2v) is 3.60. The summed E-state index contributed by atoms with van der Waals surface area (Å²) in [5, 5.41) is 17.2. The van der Waals surface area contributed by atoms with Gasteiger partial charge in [-0.3, -0.25) is 4.79 Å². The number of hydrogen-bond acceptors (Lipinski definition) is 4. The summed E-state index contributed by atoms with van der Waals surface area (Å²) in [6, 6.07) is 10.5. The van der Waals surface area contributed by atoms with Crippen LogP contribution < -0.4 is 4.90 Å². The molecule has 0 heterocycles. The minimum Gasteiger partial charge on any atom is -0.378 e. The zero-order chi connectivity index (χ0) is 12.8. The zero-order valence-corrected chi connectivity index (χ0v) is 9.64. The van der Waals surface area contributed by atoms with Crippen molar-refractivity contribution in [2.24, 2.45) is 0 Å². The van der Waals surface area contributed by atoms with Crippen LogP contribution in [0.2, 0.25) is 0 Å². The summed E-state index contributed by atoms with van der Waals surface area (Å²) < 4.78 is 0. The first-order valence-electron chi connectivity index (χ1n) is 4.92. The molecule has 0 aliphatic rings. The molecule has 0 saturated heterocycles. The summed E-state index contributed by atoms with van der Waals surface area (Å²) in [7, 11) is 3.84. The number of nitrogens with zero attached hydrogens (tertiary/aromatic N) is 3. The minimum atomic E-state index is -0.816. The molecule has 1 aromatic rings. The normalized spacial score (nSPS) is 10.2. The average molecular weight is 225 g/mol. The average Bonchev–Trinajstić information content (AvgIpc) is 2.35. The lowest BCUT2D eigenvalue weighted by atomic mass is 10.1. The smallest absolute Gasteiger partial charge is 0.272 e. The molecule has 0 fully saturated rings. The number of hydrogen-bond donors (Lipinski definition) is 0. The maximum atomic E-state index is 11.1. The Morgan fingerprint density at radius 1 is 1.18 bits per heavy atom. The Labute approximate surface area is 100 Å². The summed E-state index contributed by atoms with van der Waals surface area (Å²) in [6.07, 6.45) is 1.41. The topological polar surface area (TPSA) is 67.9 Å². The van der Waals surface area contributed by atoms with Crippen molar-refractivity contribution >= 4 is 17.5 Å². The summed E-state index contributed by atoms with van der Waals surface area (Å²) in [6.45, 7) is 0. The van der Waals surface area contributed by atoms with Crippen LogP contribution in [0.5, 0.6) is 0 Å². The first kappa shape index (κ1) is 12.5. The number of allylic oxidation sites excluding steroid dienone is 1. The van der Waals surface area contributed by atoms with E-state index in [1.165, 1.54) is 12.1 Å². The van der Waals surface area contributed by atoms with Gasteiger partial charge in [0, 0.05) is 19.8 Å². The first-order valence-corrected chi connectivity index (χ1v) is 4.92. The SMILES string of the molecule is CN(C)c1ccc(/C=C(\C#N)C(=O)C#N)cc1. The molecule has 1 aromatic carbocycles. The molecular formula is C13H11N3O. The van der Waals surface area contributed by atoms with Crippen LogP contribution in [0.4, 0.5) is 5.69 Å². The summed E-state index contributed by atoms with van der Waals surface area (Å²) in [5.41, 5.74) is 1.59. The van der Waals surface area contributed by atoms with Gasteiger partial charge in [0.25, 0.3) is 5.78 Å². The molecule has 0 spiro atoms. The van der Waals surface area contributed by atoms with Crippen LogP contribution in [-0.4, -0.2) is 19.9 Å². The molecule has 0 N–H and O–H groups in total. The van der Waals surface area contributed by atoms with Crippen LogP contribution in [0.15, 0.2) is 29.8 Å². The molecule has 0 bridgehead atoms. The number of ketones is 1. The van der Waals surface area contributed by atoms with E-state index in [1.807, 2.05) is 31.1 Å². The van der Waals surface area contributed by atoms with Crippen molar-refractivity contribution in [1.82, 2.24) is 0 Å². The van der Waals surface area contributed by atoms with Crippen molar-refractivity contribution in [2.45, 2.75) is 0 Å². The molecule has 4 nitrogen and oxygen atoms in total. The number of rotatable bonds is 3. The molecular weight excluding hydrogens is 214 g/mol. The second kappa shape index (κ2) is 5.48. The maximum absolute atomic E-state index is 11.1. The Kier molecular flexibility index (Phi) is 4.02. The number of anilines is 1. The van der Waals surface area contributed by atoms with Crippen LogP contribution in [0, 0.1) is 22.7 Å². The van der Waals surface area contributed by atoms with Gasteiger partial charge < -0.3 is 4.90 Å². The first-order chi connectivity index (χ1) is 8.08. The molecule has 1 rings (SSSR count). The van der Waals surface area contributed by atoms with Crippen LogP contribution in [-0.2, 0) is 4.79 Å². The lowest BCUT2D eigenvalue weighted by Gasteiger charge is -2.11. The standard InChI is InChI=1S/C13H11N3O/c1-16(2)12-5-3-10(4-6-12)7-11(8-14)13(17)9-15/h3-7H,1-2H3/b11-7+. The lowest BCUT2D eigenvalue weighted by Crippen LogP contribution is -2.07. The maximum Gasteiger partial charge on any atom is 0.272 e. The summed E-state index contributed by atoms with van der Waals surface area (Å²) >= 11 is 0. The van der Waals surface area contributed by atoms with Gasteiger partial charge in [0.1, 0.15) is 17.7 Å². The number of Topliss-reactive ketones (excluding diaryl/α,β-unsaturated/α-hetero) is 1. The van der Waals surface area contributed by atoms with Crippen LogP contribution >= 0.6 is 0 Å². The van der Waals surface area contributed by atoms with Crippen molar-refractivity contribution in [3.63, 3.8) is 0 Å². The molecule has 0 aliphatic carbocycles. The van der Waals surface area contributed by atoms with E-state index >= 15 is 0 Å². The monoisotopic (exact) mass is 225 g/mol. The van der Waals surface area contributed by atoms with Gasteiger partial charge in [0.15, 0.2) is 0 Å². The highest BCUT2D eigenvalue weighted by Crippen LogP contribution is 2.14. The highest BCUT2D eigenvalue weighted by Gasteiger charge is 2.07. The van der Waals surface area contributed by atoms with E-state index in [9.17, 15) is 4.79 Å². The van der Waals surface area contributed by atoms with Gasteiger partial charge in [-0.15, -0.1) is 0 Å². The van der Waals surface area contributed by atoms with Gasteiger partial charge in [-0.25, -0.2) is 0 Å². The number of benzene rings is 1. The quantitative estimate of drug-likeness (QED) is 0.446. The van der Waals surface area contributed by atoms with Crippen molar-refractivity contribution in [3.8, 4) is 12.1 Å². The molecule has 0 unspecified atom stereocenters. The molecule has 0 radical (unpaired) electrons. The largest absolute Gasteiger partial charge is 0.378 e. The number of nitriles is 2. The number of carbonyl (C=O) groups excluding carboxylic acids is 1. The van der Waals surface area contributed by atoms with Gasteiger partial charge in [-0.05, 0) is 23.8 Å². The molecule has 0 aromatic heterocycles. The van der Waals surface area contributed by atoms with Crippen molar-refractivity contribution in [2.75, 3.05) is 19.0 Å². The lowest BCUT2D eigenvalue weighted by molar-refractivity contribution is -0.110. The van der Waals surface area contributed by atoms with E-state index < -0.39 is 5.78 Å². The van der Waals surface area contributed by atoms with E-state index in [-0.39, 0.29) is 5.57 Å². The van der Waals surface area contributed by atoms with Gasteiger partial charge >= 0.3 is 0 Å². The molecule has 4 heteroatoms. The molecule has 17 heavy (non-hydrogen) atoms. The minimum absolute atomic E-state index is 0.148. The fourth-order valence-electron chi connectivity index (χ4n) is 1.24. The number of carbonyl (C=O) groups is 1. The third-order valence-corrected chi connectivity index (χ3v) is 2.19. The van der Waals surface area contributed by atoms with E-state index in [0.717, 1.165) is 11.3 Å². The van der Waals surface area contributed by atoms with Crippen LogP contribution in [0.1, 0.15) is 5.56 Å². The van der Waals surface area contributed by atoms with Gasteiger partial charge in [0.2, 0.25) is 0 Å². The Hall–Kier alpha value is -2.59. The summed E-state index contributed by atoms with van der Waals surface area (Å²) in [4.78, 5) is 13.0. The van der Waals surface area contributed by atoms with E-state index in [2.05, 4.69) is 0 Å². The van der Waals surface area contributed by atoms with Crippen molar-refractivity contribution in [1.29, 1.82) is 10.5 Å². The second-order valence-electron chi connectivity index (χ2n) is 3.60. The summed E-state index contributed by atoms with van der Waals surface area (Å²) in [5.74, 6) is -0.816. The molecule has 84 valence electrons. The van der Waals surface area contributed by atoms with E-state index in [0.29, 0.717) is 0 Å². The molecule has 0 aliphatic heterocycles. The van der Waals surface area contributed by atoms with Crippen LogP contribution in [0.25, 0.3) is 6.08 Å². The Morgan fingerprint density at radius 3 is 2.18 bits per heavy atom. The third-order valence-electron chi connectivity index (χ3n) is 2.19. The van der Waals surface area contributed by atoms with Gasteiger partial charge in [0.05, 0.1) is 0 Å². The Morgan fingerprint density at radius 2 is 1.76 bits per heavy atom. The fourth-order valence-corrected chi connectivity index (χ4v) is 1.24. The zero-order valence-electron chi connectivity index (χ0n) is 9.64. The Bertz CT molecular complexity index is 527. The van der Waals surface area contributed by atoms with E-state index in [4.69, 9.17) is 10.5 Å². The van der Waals surface area contributed by atoms with Crippen molar-refractivity contribution < 1.29 is 4.79 Å². The highest BCUT2D eigenvalue weighted by molar-refractivity contribution is 6.12. The molecule has 0 amide bonds. The van der Waals surface area contributed by atoms with Crippen molar-refractivity contribution in [3.05, 3.63) is 35.4 Å². The highest BCUT2D eigenvalue weighted by atomic mass is 16.1. The molecule has 0 saturated carbocycles. The van der Waals surface area contributed by atoms with Gasteiger partial charge in [-0.1, -0.05) is 12.1 Å².